The third-order valence-electron chi connectivity index (χ3n) is 4.11. The van der Waals surface area contributed by atoms with Crippen LogP contribution in [-0.4, -0.2) is 31.3 Å². The van der Waals surface area contributed by atoms with Crippen molar-refractivity contribution in [1.82, 2.24) is 14.8 Å². The highest BCUT2D eigenvalue weighted by Crippen LogP contribution is 2.23. The number of nitrogens with zero attached hydrogens (tertiary/aromatic N) is 4. The molecule has 1 aromatic heterocycles. The van der Waals surface area contributed by atoms with E-state index in [2.05, 4.69) is 15.5 Å². The topological polar surface area (TPSA) is 103 Å². The van der Waals surface area contributed by atoms with Crippen molar-refractivity contribution in [2.24, 2.45) is 0 Å². The molecule has 144 valence electrons. The maximum absolute atomic E-state index is 12.3. The molecular weight excluding hydrogens is 378 g/mol. The fourth-order valence-corrected chi connectivity index (χ4v) is 3.41. The molecule has 0 saturated carbocycles. The van der Waals surface area contributed by atoms with E-state index in [1.54, 1.807) is 19.1 Å². The van der Waals surface area contributed by atoms with Gasteiger partial charge in [0, 0.05) is 17.3 Å². The van der Waals surface area contributed by atoms with Crippen LogP contribution in [0.15, 0.2) is 53.7 Å². The SMILES string of the molecule is Cc1ccc(NC(=O)CSc2nnc(C)n2Cc2ccccc2)cc1[N+](=O)[O-]. The van der Waals surface area contributed by atoms with Gasteiger partial charge in [0.15, 0.2) is 5.16 Å². The quantitative estimate of drug-likeness (QED) is 0.371. The smallest absolute Gasteiger partial charge is 0.274 e. The zero-order valence-electron chi connectivity index (χ0n) is 15.5. The maximum Gasteiger partial charge on any atom is 0.274 e. The molecule has 1 N–H and O–H groups in total. The van der Waals surface area contributed by atoms with Crippen LogP contribution in [0.3, 0.4) is 0 Å². The predicted octanol–water partition coefficient (Wildman–Crippen LogP) is 3.58. The van der Waals surface area contributed by atoms with Gasteiger partial charge in [0.1, 0.15) is 5.82 Å². The monoisotopic (exact) mass is 397 g/mol. The largest absolute Gasteiger partial charge is 0.325 e. The molecule has 0 atom stereocenters. The second-order valence-corrected chi connectivity index (χ2v) is 7.14. The Balaban J connectivity index is 1.64. The lowest BCUT2D eigenvalue weighted by Gasteiger charge is -2.09. The van der Waals surface area contributed by atoms with E-state index in [1.165, 1.54) is 17.8 Å². The molecule has 0 aliphatic rings. The van der Waals surface area contributed by atoms with Crippen LogP contribution in [0.4, 0.5) is 11.4 Å². The van der Waals surface area contributed by atoms with E-state index in [-0.39, 0.29) is 17.3 Å². The van der Waals surface area contributed by atoms with E-state index in [0.29, 0.717) is 23.0 Å². The standard InChI is InChI=1S/C19H19N5O3S/c1-13-8-9-16(10-17(13)24(26)27)20-18(25)12-28-19-22-21-14(2)23(19)11-15-6-4-3-5-7-15/h3-10H,11-12H2,1-2H3,(H,20,25). The Bertz CT molecular complexity index is 1000. The number of thioether (sulfide) groups is 1. The number of aromatic nitrogens is 3. The second-order valence-electron chi connectivity index (χ2n) is 6.20. The van der Waals surface area contributed by atoms with Crippen molar-refractivity contribution in [3.8, 4) is 0 Å². The first-order valence-corrected chi connectivity index (χ1v) is 9.54. The summed E-state index contributed by atoms with van der Waals surface area (Å²) in [5, 5.41) is 22.6. The molecule has 9 heteroatoms. The first-order valence-electron chi connectivity index (χ1n) is 8.55. The highest BCUT2D eigenvalue weighted by Gasteiger charge is 2.15. The lowest BCUT2D eigenvalue weighted by atomic mass is 10.2. The molecule has 0 bridgehead atoms. The van der Waals surface area contributed by atoms with Gasteiger partial charge in [-0.15, -0.1) is 10.2 Å². The van der Waals surface area contributed by atoms with E-state index in [0.717, 1.165) is 11.4 Å². The summed E-state index contributed by atoms with van der Waals surface area (Å²) in [5.74, 6) is 0.616. The zero-order chi connectivity index (χ0) is 20.1. The third kappa shape index (κ3) is 4.74. The number of anilines is 1. The molecule has 0 aliphatic carbocycles. The third-order valence-corrected chi connectivity index (χ3v) is 5.07. The number of carbonyl (C=O) groups excluding carboxylic acids is 1. The van der Waals surface area contributed by atoms with Crippen molar-refractivity contribution in [3.05, 3.63) is 75.6 Å². The summed E-state index contributed by atoms with van der Waals surface area (Å²) in [7, 11) is 0. The van der Waals surface area contributed by atoms with Gasteiger partial charge < -0.3 is 9.88 Å². The van der Waals surface area contributed by atoms with Gasteiger partial charge in [-0.3, -0.25) is 14.9 Å². The zero-order valence-corrected chi connectivity index (χ0v) is 16.3. The lowest BCUT2D eigenvalue weighted by molar-refractivity contribution is -0.385. The van der Waals surface area contributed by atoms with Crippen LogP contribution in [0.2, 0.25) is 0 Å². The minimum absolute atomic E-state index is 0.0244. The van der Waals surface area contributed by atoms with Crippen molar-refractivity contribution in [1.29, 1.82) is 0 Å². The number of nitrogens with one attached hydrogen (secondary N) is 1. The van der Waals surface area contributed by atoms with E-state index in [9.17, 15) is 14.9 Å². The van der Waals surface area contributed by atoms with Crippen LogP contribution in [0.1, 0.15) is 17.0 Å². The summed E-state index contributed by atoms with van der Waals surface area (Å²) in [6.45, 7) is 4.14. The fraction of sp³-hybridized carbons (Fsp3) is 0.211. The molecule has 0 spiro atoms. The molecule has 1 amide bonds. The molecular formula is C19H19N5O3S. The molecule has 28 heavy (non-hydrogen) atoms. The van der Waals surface area contributed by atoms with Crippen LogP contribution in [0.5, 0.6) is 0 Å². The van der Waals surface area contributed by atoms with Gasteiger partial charge in [-0.1, -0.05) is 48.2 Å². The minimum Gasteiger partial charge on any atom is -0.325 e. The fourth-order valence-electron chi connectivity index (χ4n) is 2.63. The minimum atomic E-state index is -0.464. The van der Waals surface area contributed by atoms with Crippen molar-refractivity contribution >= 4 is 29.0 Å². The number of benzene rings is 2. The Morgan fingerprint density at radius 2 is 1.93 bits per heavy atom. The summed E-state index contributed by atoms with van der Waals surface area (Å²) in [5.41, 5.74) is 2.03. The Hall–Kier alpha value is -3.20. The summed E-state index contributed by atoms with van der Waals surface area (Å²) >= 11 is 1.27. The molecule has 8 nitrogen and oxygen atoms in total. The van der Waals surface area contributed by atoms with Crippen LogP contribution >= 0.6 is 11.8 Å². The van der Waals surface area contributed by atoms with E-state index in [1.807, 2.05) is 41.8 Å². The van der Waals surface area contributed by atoms with Gasteiger partial charge in [0.25, 0.3) is 5.69 Å². The number of nitro benzene ring substituents is 1. The highest BCUT2D eigenvalue weighted by atomic mass is 32.2. The molecule has 0 saturated heterocycles. The molecule has 0 unspecified atom stereocenters. The first-order chi connectivity index (χ1) is 13.4. The van der Waals surface area contributed by atoms with Gasteiger partial charge in [0.05, 0.1) is 17.2 Å². The molecule has 3 rings (SSSR count). The summed E-state index contributed by atoms with van der Waals surface area (Å²) < 4.78 is 1.95. The summed E-state index contributed by atoms with van der Waals surface area (Å²) in [4.78, 5) is 22.8. The van der Waals surface area contributed by atoms with Crippen molar-refractivity contribution < 1.29 is 9.72 Å². The Morgan fingerprint density at radius 1 is 1.18 bits per heavy atom. The molecule has 0 aliphatic heterocycles. The molecule has 3 aromatic rings. The van der Waals surface area contributed by atoms with Crippen molar-refractivity contribution in [2.45, 2.75) is 25.5 Å². The first kappa shape index (κ1) is 19.6. The van der Waals surface area contributed by atoms with E-state index in [4.69, 9.17) is 0 Å². The van der Waals surface area contributed by atoms with E-state index >= 15 is 0 Å². The normalized spacial score (nSPS) is 10.6. The second kappa shape index (κ2) is 8.66. The van der Waals surface area contributed by atoms with Crippen molar-refractivity contribution in [3.63, 3.8) is 0 Å². The van der Waals surface area contributed by atoms with Crippen LogP contribution in [-0.2, 0) is 11.3 Å². The van der Waals surface area contributed by atoms with Gasteiger partial charge in [0.2, 0.25) is 5.91 Å². The molecule has 0 radical (unpaired) electrons. The lowest BCUT2D eigenvalue weighted by Crippen LogP contribution is -2.15. The van der Waals surface area contributed by atoms with Gasteiger partial charge in [-0.05, 0) is 25.5 Å². The summed E-state index contributed by atoms with van der Waals surface area (Å²) in [6.07, 6.45) is 0. The average Bonchev–Trinajstić information content (AvgIpc) is 3.02. The van der Waals surface area contributed by atoms with Crippen molar-refractivity contribution in [2.75, 3.05) is 11.1 Å². The predicted molar refractivity (Wildman–Crippen MR) is 107 cm³/mol. The van der Waals surface area contributed by atoms with Gasteiger partial charge in [-0.2, -0.15) is 0 Å². The Morgan fingerprint density at radius 3 is 2.64 bits per heavy atom. The van der Waals surface area contributed by atoms with Crippen LogP contribution in [0, 0.1) is 24.0 Å². The number of carbonyl (C=O) groups is 1. The average molecular weight is 397 g/mol. The Labute approximate surface area is 166 Å². The number of hydrogen-bond donors (Lipinski definition) is 1. The number of aryl methyl sites for hydroxylation is 2. The maximum atomic E-state index is 12.3. The number of hydrogen-bond acceptors (Lipinski definition) is 6. The molecule has 1 heterocycles. The Kier molecular flexibility index (Phi) is 6.05. The molecule has 2 aromatic carbocycles. The summed E-state index contributed by atoms with van der Waals surface area (Å²) in [6, 6.07) is 14.5. The highest BCUT2D eigenvalue weighted by molar-refractivity contribution is 7.99. The van der Waals surface area contributed by atoms with Crippen LogP contribution in [0.25, 0.3) is 0 Å². The number of amides is 1. The number of rotatable bonds is 7. The van der Waals surface area contributed by atoms with Gasteiger partial charge >= 0.3 is 0 Å². The van der Waals surface area contributed by atoms with Crippen LogP contribution < -0.4 is 5.32 Å². The number of nitro groups is 1. The van der Waals surface area contributed by atoms with E-state index < -0.39 is 4.92 Å². The van der Waals surface area contributed by atoms with Gasteiger partial charge in [-0.25, -0.2) is 0 Å². The molecule has 0 fully saturated rings.